The molecule has 28 heavy (non-hydrogen) atoms. The molecule has 0 spiro atoms. The fraction of sp³-hybridized carbons (Fsp3) is 0.304. The first kappa shape index (κ1) is 18.4. The van der Waals surface area contributed by atoms with E-state index in [1.807, 2.05) is 37.3 Å². The molecule has 0 bridgehead atoms. The van der Waals surface area contributed by atoms with Gasteiger partial charge in [0.15, 0.2) is 0 Å². The Balaban J connectivity index is 2.04. The van der Waals surface area contributed by atoms with E-state index < -0.39 is 0 Å². The van der Waals surface area contributed by atoms with Crippen LogP contribution in [0.2, 0.25) is 0 Å². The van der Waals surface area contributed by atoms with Crippen LogP contribution in [0.1, 0.15) is 31.0 Å². The molecule has 0 aliphatic carbocycles. The zero-order valence-corrected chi connectivity index (χ0v) is 16.5. The maximum absolute atomic E-state index is 11.2. The first-order valence-electron chi connectivity index (χ1n) is 9.44. The Morgan fingerprint density at radius 3 is 2.46 bits per heavy atom. The summed E-state index contributed by atoms with van der Waals surface area (Å²) in [5.41, 5.74) is 3.19. The van der Waals surface area contributed by atoms with Gasteiger partial charge in [0.1, 0.15) is 23.0 Å². The molecule has 1 heterocycles. The van der Waals surface area contributed by atoms with Crippen molar-refractivity contribution in [3.63, 3.8) is 0 Å². The van der Waals surface area contributed by atoms with E-state index in [1.54, 1.807) is 20.3 Å². The summed E-state index contributed by atoms with van der Waals surface area (Å²) in [6.07, 6.45) is 0.858. The van der Waals surface area contributed by atoms with Crippen LogP contribution in [0.4, 0.5) is 0 Å². The largest absolute Gasteiger partial charge is 0.507 e. The average Bonchev–Trinajstić information content (AvgIpc) is 2.67. The lowest BCUT2D eigenvalue weighted by Gasteiger charge is -2.30. The molecule has 0 unspecified atom stereocenters. The third kappa shape index (κ3) is 2.74. The number of hydrogen-bond acceptors (Lipinski definition) is 5. The minimum Gasteiger partial charge on any atom is -0.507 e. The topological polar surface area (TPSA) is 71.0 Å². The Kier molecular flexibility index (Phi) is 4.55. The fourth-order valence-corrected chi connectivity index (χ4v) is 4.43. The van der Waals surface area contributed by atoms with Crippen molar-refractivity contribution in [1.29, 1.82) is 0 Å². The van der Waals surface area contributed by atoms with Crippen molar-refractivity contribution < 1.29 is 19.7 Å². The molecule has 3 aromatic carbocycles. The Morgan fingerprint density at radius 2 is 1.75 bits per heavy atom. The molecule has 2 atom stereocenters. The number of phenolic OH excluding ortho intramolecular Hbond substituents is 2. The second-order valence-corrected chi connectivity index (χ2v) is 7.38. The van der Waals surface area contributed by atoms with Crippen LogP contribution < -0.4 is 14.8 Å². The van der Waals surface area contributed by atoms with Crippen LogP contribution in [0.25, 0.3) is 21.9 Å². The zero-order chi connectivity index (χ0) is 20.0. The van der Waals surface area contributed by atoms with Crippen molar-refractivity contribution in [1.82, 2.24) is 5.32 Å². The first-order valence-corrected chi connectivity index (χ1v) is 9.44. The van der Waals surface area contributed by atoms with Gasteiger partial charge in [-0.15, -0.1) is 0 Å². The minimum absolute atomic E-state index is 0.0277. The third-order valence-electron chi connectivity index (χ3n) is 5.58. The summed E-state index contributed by atoms with van der Waals surface area (Å²) in [6.45, 7) is 4.19. The predicted octanol–water partition coefficient (Wildman–Crippen LogP) is 4.53. The molecule has 0 saturated heterocycles. The summed E-state index contributed by atoms with van der Waals surface area (Å²) in [5, 5.41) is 27.0. The lowest BCUT2D eigenvalue weighted by atomic mass is 9.86. The molecule has 0 fully saturated rings. The van der Waals surface area contributed by atoms with Gasteiger partial charge in [-0.1, -0.05) is 24.3 Å². The molecule has 1 aliphatic heterocycles. The molecular weight excluding hydrogens is 354 g/mol. The van der Waals surface area contributed by atoms with Gasteiger partial charge in [-0.3, -0.25) is 0 Å². The van der Waals surface area contributed by atoms with E-state index in [9.17, 15) is 10.2 Å². The van der Waals surface area contributed by atoms with E-state index in [0.717, 1.165) is 28.3 Å². The Hall–Kier alpha value is -2.92. The first-order chi connectivity index (χ1) is 13.5. The van der Waals surface area contributed by atoms with Crippen molar-refractivity contribution in [2.75, 3.05) is 14.2 Å². The molecule has 1 aliphatic rings. The number of fused-ring (bicyclic) bond motifs is 2. The van der Waals surface area contributed by atoms with E-state index in [-0.39, 0.29) is 17.5 Å². The van der Waals surface area contributed by atoms with Crippen molar-refractivity contribution in [3.05, 3.63) is 47.5 Å². The van der Waals surface area contributed by atoms with Crippen LogP contribution >= 0.6 is 0 Å². The van der Waals surface area contributed by atoms with Crippen molar-refractivity contribution in [2.45, 2.75) is 32.4 Å². The second-order valence-electron chi connectivity index (χ2n) is 7.38. The smallest absolute Gasteiger partial charge is 0.134 e. The molecule has 3 N–H and O–H groups in total. The number of methoxy groups -OCH3 is 2. The molecule has 3 aromatic rings. The van der Waals surface area contributed by atoms with Crippen LogP contribution in [0.3, 0.4) is 0 Å². The van der Waals surface area contributed by atoms with Crippen LogP contribution in [-0.4, -0.2) is 30.5 Å². The molecule has 5 nitrogen and oxygen atoms in total. The normalized spacial score (nSPS) is 18.7. The molecule has 146 valence electrons. The SMILES string of the molecule is COc1cccc2c(-c3ccc4c(c3O)[C@@H](C)N[C@H](C)C4)c(O)cc(OC)c12. The number of benzene rings is 3. The number of aromatic hydroxyl groups is 2. The van der Waals surface area contributed by atoms with E-state index in [0.29, 0.717) is 28.7 Å². The summed E-state index contributed by atoms with van der Waals surface area (Å²) in [7, 11) is 3.16. The highest BCUT2D eigenvalue weighted by atomic mass is 16.5. The summed E-state index contributed by atoms with van der Waals surface area (Å²) in [5.74, 6) is 1.43. The van der Waals surface area contributed by atoms with E-state index in [2.05, 4.69) is 12.2 Å². The highest BCUT2D eigenvalue weighted by Gasteiger charge is 2.27. The van der Waals surface area contributed by atoms with Gasteiger partial charge in [-0.25, -0.2) is 0 Å². The predicted molar refractivity (Wildman–Crippen MR) is 111 cm³/mol. The third-order valence-corrected chi connectivity index (χ3v) is 5.58. The van der Waals surface area contributed by atoms with Gasteiger partial charge in [-0.05, 0) is 31.9 Å². The molecular formula is C23H25NO4. The van der Waals surface area contributed by atoms with Crippen LogP contribution in [0.5, 0.6) is 23.0 Å². The Morgan fingerprint density at radius 1 is 1.00 bits per heavy atom. The average molecular weight is 379 g/mol. The molecule has 0 aromatic heterocycles. The minimum atomic E-state index is 0.0277. The molecule has 0 amide bonds. The number of ether oxygens (including phenoxy) is 2. The number of hydrogen-bond donors (Lipinski definition) is 3. The lowest BCUT2D eigenvalue weighted by molar-refractivity contribution is 0.401. The monoisotopic (exact) mass is 379 g/mol. The molecule has 5 heteroatoms. The quantitative estimate of drug-likeness (QED) is 0.624. The van der Waals surface area contributed by atoms with Crippen LogP contribution in [0, 0.1) is 0 Å². The van der Waals surface area contributed by atoms with Gasteiger partial charge in [0.25, 0.3) is 0 Å². The van der Waals surface area contributed by atoms with Crippen molar-refractivity contribution >= 4 is 10.8 Å². The zero-order valence-electron chi connectivity index (χ0n) is 16.5. The van der Waals surface area contributed by atoms with Gasteiger partial charge in [0, 0.05) is 40.2 Å². The standard InChI is InChI=1S/C23H25NO4/c1-12-10-14-8-9-16(23(26)20(14)13(2)24-12)21-15-6-5-7-18(27-3)22(15)19(28-4)11-17(21)25/h5-9,11-13,24-26H,10H2,1-4H3/t12-,13-/m1/s1. The summed E-state index contributed by atoms with van der Waals surface area (Å²) in [6, 6.07) is 11.5. The molecule has 4 rings (SSSR count). The van der Waals surface area contributed by atoms with Crippen molar-refractivity contribution in [3.8, 4) is 34.1 Å². The Bertz CT molecular complexity index is 1060. The number of phenols is 2. The number of rotatable bonds is 3. The van der Waals surface area contributed by atoms with E-state index in [4.69, 9.17) is 9.47 Å². The second kappa shape index (κ2) is 6.91. The number of nitrogens with one attached hydrogen (secondary N) is 1. The van der Waals surface area contributed by atoms with E-state index >= 15 is 0 Å². The van der Waals surface area contributed by atoms with Gasteiger partial charge in [0.2, 0.25) is 0 Å². The maximum atomic E-state index is 11.2. The van der Waals surface area contributed by atoms with Crippen LogP contribution in [-0.2, 0) is 6.42 Å². The molecule has 0 saturated carbocycles. The fourth-order valence-electron chi connectivity index (χ4n) is 4.43. The maximum Gasteiger partial charge on any atom is 0.134 e. The van der Waals surface area contributed by atoms with Gasteiger partial charge >= 0.3 is 0 Å². The lowest BCUT2D eigenvalue weighted by Crippen LogP contribution is -2.36. The van der Waals surface area contributed by atoms with Gasteiger partial charge in [-0.2, -0.15) is 0 Å². The Labute approximate surface area is 164 Å². The molecule has 0 radical (unpaired) electrons. The highest BCUT2D eigenvalue weighted by Crippen LogP contribution is 2.49. The summed E-state index contributed by atoms with van der Waals surface area (Å²) < 4.78 is 11.0. The van der Waals surface area contributed by atoms with Gasteiger partial charge in [0.05, 0.1) is 19.6 Å². The van der Waals surface area contributed by atoms with Gasteiger partial charge < -0.3 is 25.0 Å². The summed E-state index contributed by atoms with van der Waals surface area (Å²) >= 11 is 0. The van der Waals surface area contributed by atoms with Crippen LogP contribution in [0.15, 0.2) is 36.4 Å². The highest BCUT2D eigenvalue weighted by molar-refractivity contribution is 6.07. The van der Waals surface area contributed by atoms with E-state index in [1.165, 1.54) is 0 Å². The summed E-state index contributed by atoms with van der Waals surface area (Å²) in [4.78, 5) is 0. The van der Waals surface area contributed by atoms with Crippen molar-refractivity contribution in [2.24, 2.45) is 0 Å².